The minimum absolute atomic E-state index is 0.0783. The van der Waals surface area contributed by atoms with Gasteiger partial charge in [-0.15, -0.1) is 0 Å². The highest BCUT2D eigenvalue weighted by Gasteiger charge is 2.38. The van der Waals surface area contributed by atoms with Crippen molar-refractivity contribution in [3.05, 3.63) is 168 Å². The van der Waals surface area contributed by atoms with Gasteiger partial charge >= 0.3 is 0 Å². The van der Waals surface area contributed by atoms with Gasteiger partial charge in [-0.25, -0.2) is 15.0 Å². The lowest BCUT2D eigenvalue weighted by Gasteiger charge is -2.42. The molecular weight excluding hydrogens is 705 g/mol. The van der Waals surface area contributed by atoms with E-state index in [1.54, 1.807) is 0 Å². The average Bonchev–Trinajstić information content (AvgIpc) is 3.70. The molecule has 0 atom stereocenters. The van der Waals surface area contributed by atoms with E-state index >= 15 is 0 Å². The zero-order chi connectivity index (χ0) is 39.6. The van der Waals surface area contributed by atoms with Gasteiger partial charge in [-0.1, -0.05) is 157 Å². The molecule has 0 amide bonds. The number of aromatic nitrogens is 4. The van der Waals surface area contributed by atoms with E-state index in [2.05, 4.69) is 174 Å². The average molecular weight is 751 g/mol. The zero-order valence-electron chi connectivity index (χ0n) is 34.1. The molecule has 58 heavy (non-hydrogen) atoms. The number of hydrogen-bond donors (Lipinski definition) is 0. The van der Waals surface area contributed by atoms with E-state index in [0.29, 0.717) is 17.5 Å². The quantitative estimate of drug-likeness (QED) is 0.180. The molecule has 4 nitrogen and oxygen atoms in total. The fraction of sp³-hybridized carbons (Fsp3) is 0.204. The normalized spacial score (nSPS) is 16.0. The molecule has 0 saturated carbocycles. The monoisotopic (exact) mass is 750 g/mol. The first-order chi connectivity index (χ1) is 28.0. The number of rotatable bonds is 4. The molecule has 0 saturated heterocycles. The fourth-order valence-electron chi connectivity index (χ4n) is 10.1. The third kappa shape index (κ3) is 5.17. The number of hydrogen-bond acceptors (Lipinski definition) is 3. The van der Waals surface area contributed by atoms with Gasteiger partial charge in [-0.05, 0) is 92.8 Å². The molecule has 0 spiro atoms. The van der Waals surface area contributed by atoms with Crippen molar-refractivity contribution in [1.29, 1.82) is 0 Å². The number of benzene rings is 7. The summed E-state index contributed by atoms with van der Waals surface area (Å²) in [6.07, 6.45) is 2.34. The van der Waals surface area contributed by atoms with Crippen LogP contribution >= 0.6 is 0 Å². The molecule has 2 aliphatic rings. The fourth-order valence-corrected chi connectivity index (χ4v) is 10.1. The van der Waals surface area contributed by atoms with Crippen LogP contribution in [0.5, 0.6) is 0 Å². The first kappa shape index (κ1) is 34.8. The van der Waals surface area contributed by atoms with Crippen LogP contribution in [0.25, 0.3) is 83.6 Å². The molecule has 282 valence electrons. The van der Waals surface area contributed by atoms with Gasteiger partial charge in [0, 0.05) is 44.0 Å². The van der Waals surface area contributed by atoms with Crippen LogP contribution in [0.3, 0.4) is 0 Å². The minimum Gasteiger partial charge on any atom is -0.309 e. The molecule has 0 radical (unpaired) electrons. The molecule has 2 heterocycles. The van der Waals surface area contributed by atoms with Gasteiger partial charge in [-0.3, -0.25) is 0 Å². The second kappa shape index (κ2) is 12.3. The second-order valence-electron chi connectivity index (χ2n) is 18.4. The highest BCUT2D eigenvalue weighted by molar-refractivity contribution is 6.19. The van der Waals surface area contributed by atoms with Crippen LogP contribution in [0.15, 0.2) is 146 Å². The second-order valence-corrected chi connectivity index (χ2v) is 18.4. The molecule has 11 rings (SSSR count). The molecule has 2 aromatic heterocycles. The lowest BCUT2D eigenvalue weighted by atomic mass is 9.63. The van der Waals surface area contributed by atoms with E-state index in [9.17, 15) is 0 Å². The maximum atomic E-state index is 5.28. The highest BCUT2D eigenvalue weighted by atomic mass is 15.0. The third-order valence-corrected chi connectivity index (χ3v) is 13.5. The maximum absolute atomic E-state index is 5.28. The molecule has 9 aromatic rings. The van der Waals surface area contributed by atoms with Gasteiger partial charge in [-0.2, -0.15) is 0 Å². The standard InChI is InChI=1S/C54H46N4/c1-52(2)27-28-53(3,4)46-32-47-42(31-45(46)52)41-26-23-33-15-10-11-20-38(33)48(41)58(47)37-19-14-18-35(29-37)50-55-49(34-16-8-7-9-17-34)56-51(57-50)36-24-25-40-39-21-12-13-22-43(39)54(5,6)44(40)30-36/h7-26,29-32H,27-28H2,1-6H3. The first-order valence-electron chi connectivity index (χ1n) is 20.7. The minimum atomic E-state index is -0.134. The smallest absolute Gasteiger partial charge is 0.164 e. The molecule has 0 bridgehead atoms. The Morgan fingerprint density at radius 3 is 1.83 bits per heavy atom. The molecular formula is C54H46N4. The zero-order valence-corrected chi connectivity index (χ0v) is 34.1. The molecule has 0 aliphatic heterocycles. The first-order valence-corrected chi connectivity index (χ1v) is 20.7. The van der Waals surface area contributed by atoms with Crippen molar-refractivity contribution in [2.24, 2.45) is 0 Å². The van der Waals surface area contributed by atoms with Crippen molar-refractivity contribution in [2.45, 2.75) is 70.6 Å². The van der Waals surface area contributed by atoms with Crippen molar-refractivity contribution in [2.75, 3.05) is 0 Å². The summed E-state index contributed by atoms with van der Waals surface area (Å²) < 4.78 is 2.49. The Morgan fingerprint density at radius 2 is 1.05 bits per heavy atom. The molecule has 2 aliphatic carbocycles. The summed E-state index contributed by atoms with van der Waals surface area (Å²) in [4.78, 5) is 15.6. The van der Waals surface area contributed by atoms with Crippen LogP contribution in [0.1, 0.15) is 76.6 Å². The summed E-state index contributed by atoms with van der Waals surface area (Å²) >= 11 is 0. The van der Waals surface area contributed by atoms with Gasteiger partial charge in [0.1, 0.15) is 0 Å². The van der Waals surface area contributed by atoms with Crippen molar-refractivity contribution >= 4 is 32.6 Å². The van der Waals surface area contributed by atoms with E-state index in [4.69, 9.17) is 15.0 Å². The summed E-state index contributed by atoms with van der Waals surface area (Å²) in [5.41, 5.74) is 14.6. The summed E-state index contributed by atoms with van der Waals surface area (Å²) in [7, 11) is 0. The van der Waals surface area contributed by atoms with Crippen LogP contribution in [0.2, 0.25) is 0 Å². The van der Waals surface area contributed by atoms with Crippen molar-refractivity contribution in [3.63, 3.8) is 0 Å². The lowest BCUT2D eigenvalue weighted by molar-refractivity contribution is 0.332. The molecule has 7 aromatic carbocycles. The Kier molecular flexibility index (Phi) is 7.39. The molecule has 0 fully saturated rings. The Bertz CT molecular complexity index is 3150. The van der Waals surface area contributed by atoms with E-state index in [1.165, 1.54) is 72.4 Å². The maximum Gasteiger partial charge on any atom is 0.164 e. The SMILES string of the molecule is CC1(C)CCC(C)(C)c2cc3c(cc21)c1ccc2ccccc2c1n3-c1cccc(-c2nc(-c3ccccc3)nc(-c3ccc4c(c3)C(C)(C)c3ccccc3-4)n2)c1. The summed E-state index contributed by atoms with van der Waals surface area (Å²) in [5.74, 6) is 1.98. The van der Waals surface area contributed by atoms with Crippen molar-refractivity contribution in [1.82, 2.24) is 19.5 Å². The van der Waals surface area contributed by atoms with Crippen LogP contribution in [-0.4, -0.2) is 19.5 Å². The Morgan fingerprint density at radius 1 is 0.431 bits per heavy atom. The molecule has 4 heteroatoms. The highest BCUT2D eigenvalue weighted by Crippen LogP contribution is 2.51. The summed E-state index contributed by atoms with van der Waals surface area (Å²) in [6, 6.07) is 53.0. The molecule has 0 N–H and O–H groups in total. The lowest BCUT2D eigenvalue weighted by Crippen LogP contribution is -2.33. The third-order valence-electron chi connectivity index (χ3n) is 13.5. The van der Waals surface area contributed by atoms with Gasteiger partial charge in [0.2, 0.25) is 0 Å². The predicted molar refractivity (Wildman–Crippen MR) is 241 cm³/mol. The number of fused-ring (bicyclic) bond motifs is 9. The van der Waals surface area contributed by atoms with E-state index < -0.39 is 0 Å². The van der Waals surface area contributed by atoms with Crippen LogP contribution in [0.4, 0.5) is 0 Å². The summed E-state index contributed by atoms with van der Waals surface area (Å²) in [5, 5.41) is 5.05. The predicted octanol–water partition coefficient (Wildman–Crippen LogP) is 13.8. The van der Waals surface area contributed by atoms with Crippen molar-refractivity contribution in [3.8, 4) is 51.0 Å². The van der Waals surface area contributed by atoms with Crippen LogP contribution in [0, 0.1) is 0 Å². The summed E-state index contributed by atoms with van der Waals surface area (Å²) in [6.45, 7) is 14.3. The Labute approximate surface area is 340 Å². The van der Waals surface area contributed by atoms with Gasteiger partial charge < -0.3 is 4.57 Å². The van der Waals surface area contributed by atoms with Gasteiger partial charge in [0.25, 0.3) is 0 Å². The van der Waals surface area contributed by atoms with Crippen LogP contribution in [-0.2, 0) is 16.2 Å². The van der Waals surface area contributed by atoms with Gasteiger partial charge in [0.15, 0.2) is 17.5 Å². The number of nitrogens with zero attached hydrogens (tertiary/aromatic N) is 4. The van der Waals surface area contributed by atoms with Gasteiger partial charge in [0.05, 0.1) is 11.0 Å². The molecule has 0 unspecified atom stereocenters. The van der Waals surface area contributed by atoms with E-state index in [0.717, 1.165) is 28.8 Å². The Balaban J connectivity index is 1.13. The largest absolute Gasteiger partial charge is 0.309 e. The van der Waals surface area contributed by atoms with E-state index in [1.807, 2.05) is 18.2 Å². The van der Waals surface area contributed by atoms with E-state index in [-0.39, 0.29) is 16.2 Å². The Hall–Kier alpha value is -6.39. The van der Waals surface area contributed by atoms with Crippen molar-refractivity contribution < 1.29 is 0 Å². The van der Waals surface area contributed by atoms with Crippen LogP contribution < -0.4 is 0 Å². The topological polar surface area (TPSA) is 43.6 Å².